The summed E-state index contributed by atoms with van der Waals surface area (Å²) in [6.45, 7) is 0. The summed E-state index contributed by atoms with van der Waals surface area (Å²) in [6, 6.07) is 11.4. The van der Waals surface area contributed by atoms with Gasteiger partial charge in [-0.1, -0.05) is 23.2 Å². The Hall–Kier alpha value is -0.490. The molecule has 0 aliphatic carbocycles. The number of alkyl halides is 1. The summed E-state index contributed by atoms with van der Waals surface area (Å²) < 4.78 is 3.08. The zero-order valence-electron chi connectivity index (χ0n) is 10.1. The minimum atomic E-state index is 0.324. The summed E-state index contributed by atoms with van der Waals surface area (Å²) in [5.74, 6) is 1.11. The minimum Gasteiger partial charge on any atom is -0.294 e. The van der Waals surface area contributed by atoms with E-state index >= 15 is 0 Å². The van der Waals surface area contributed by atoms with E-state index in [-0.39, 0.29) is 0 Å². The fourth-order valence-electron chi connectivity index (χ4n) is 2.12. The maximum Gasteiger partial charge on any atom is 0.129 e. The van der Waals surface area contributed by atoms with Crippen LogP contribution in [0.4, 0.5) is 0 Å². The average molecular weight is 437 g/mol. The van der Waals surface area contributed by atoms with E-state index in [9.17, 15) is 0 Å². The summed E-state index contributed by atoms with van der Waals surface area (Å²) in [4.78, 5) is 4.54. The first-order valence-electron chi connectivity index (χ1n) is 5.78. The summed E-state index contributed by atoms with van der Waals surface area (Å²) in [7, 11) is 0. The van der Waals surface area contributed by atoms with Crippen LogP contribution in [0.2, 0.25) is 10.0 Å². The van der Waals surface area contributed by atoms with Crippen molar-refractivity contribution in [2.75, 3.05) is 0 Å². The van der Waals surface area contributed by atoms with Gasteiger partial charge in [0.1, 0.15) is 5.82 Å². The Labute approximate surface area is 144 Å². The number of nitrogens with zero attached hydrogens (tertiary/aromatic N) is 2. The topological polar surface area (TPSA) is 17.8 Å². The standard InChI is InChI=1S/C14H8Cl3IN2/c15-7-14-19-11-6-9(17)2-4-13(11)20(14)12-3-1-8(16)5-10(12)18/h1-6H,7H2. The third-order valence-electron chi connectivity index (χ3n) is 2.96. The van der Waals surface area contributed by atoms with Gasteiger partial charge in [-0.2, -0.15) is 0 Å². The summed E-state index contributed by atoms with van der Waals surface area (Å²) in [6.07, 6.45) is 0. The molecule has 0 aliphatic heterocycles. The molecule has 0 N–H and O–H groups in total. The molecule has 0 amide bonds. The van der Waals surface area contributed by atoms with Gasteiger partial charge in [0, 0.05) is 13.6 Å². The van der Waals surface area contributed by atoms with E-state index in [0.717, 1.165) is 26.1 Å². The minimum absolute atomic E-state index is 0.324. The Balaban J connectivity index is 2.34. The third-order valence-corrected chi connectivity index (χ3v) is 4.53. The van der Waals surface area contributed by atoms with Gasteiger partial charge in [-0.05, 0) is 59.0 Å². The van der Waals surface area contributed by atoms with Gasteiger partial charge in [-0.15, -0.1) is 11.6 Å². The lowest BCUT2D eigenvalue weighted by Crippen LogP contribution is -2.01. The Bertz CT molecular complexity index is 798. The van der Waals surface area contributed by atoms with E-state index in [1.54, 1.807) is 0 Å². The number of aromatic nitrogens is 2. The third kappa shape index (κ3) is 2.52. The van der Waals surface area contributed by atoms with Crippen LogP contribution in [-0.4, -0.2) is 9.55 Å². The predicted octanol–water partition coefficient (Wildman–Crippen LogP) is 5.68. The van der Waals surface area contributed by atoms with Crippen LogP contribution < -0.4 is 0 Å². The Morgan fingerprint density at radius 1 is 1.05 bits per heavy atom. The van der Waals surface area contributed by atoms with E-state index in [1.165, 1.54) is 0 Å². The number of imidazole rings is 1. The number of hydrogen-bond acceptors (Lipinski definition) is 1. The first-order valence-corrected chi connectivity index (χ1v) is 8.15. The van der Waals surface area contributed by atoms with E-state index in [1.807, 2.05) is 41.0 Å². The van der Waals surface area contributed by atoms with Gasteiger partial charge >= 0.3 is 0 Å². The lowest BCUT2D eigenvalue weighted by Gasteiger charge is -2.10. The molecule has 3 aromatic rings. The Morgan fingerprint density at radius 2 is 1.75 bits per heavy atom. The van der Waals surface area contributed by atoms with E-state index < -0.39 is 0 Å². The average Bonchev–Trinajstić information content (AvgIpc) is 2.76. The second-order valence-electron chi connectivity index (χ2n) is 4.23. The van der Waals surface area contributed by atoms with Crippen LogP contribution in [0, 0.1) is 3.57 Å². The van der Waals surface area contributed by atoms with Crippen molar-refractivity contribution in [3.63, 3.8) is 0 Å². The maximum atomic E-state index is 6.03. The van der Waals surface area contributed by atoms with E-state index in [4.69, 9.17) is 34.8 Å². The molecule has 3 rings (SSSR count). The highest BCUT2D eigenvalue weighted by Gasteiger charge is 2.14. The van der Waals surface area contributed by atoms with Crippen LogP contribution in [0.3, 0.4) is 0 Å². The van der Waals surface area contributed by atoms with E-state index in [0.29, 0.717) is 15.9 Å². The molecule has 0 saturated heterocycles. The summed E-state index contributed by atoms with van der Waals surface area (Å²) >= 11 is 20.3. The molecule has 1 heterocycles. The summed E-state index contributed by atoms with van der Waals surface area (Å²) in [5.41, 5.74) is 2.82. The molecule has 0 fully saturated rings. The van der Waals surface area contributed by atoms with Gasteiger partial charge in [0.25, 0.3) is 0 Å². The maximum absolute atomic E-state index is 6.03. The quantitative estimate of drug-likeness (QED) is 0.373. The van der Waals surface area contributed by atoms with Crippen molar-refractivity contribution < 1.29 is 0 Å². The fraction of sp³-hybridized carbons (Fsp3) is 0.0714. The highest BCUT2D eigenvalue weighted by Crippen LogP contribution is 2.29. The normalized spacial score (nSPS) is 11.2. The molecule has 6 heteroatoms. The number of rotatable bonds is 2. The van der Waals surface area contributed by atoms with Crippen LogP contribution in [0.1, 0.15) is 5.82 Å². The van der Waals surface area contributed by atoms with Crippen LogP contribution >= 0.6 is 57.4 Å². The van der Waals surface area contributed by atoms with Crippen molar-refractivity contribution in [2.45, 2.75) is 5.88 Å². The second-order valence-corrected chi connectivity index (χ2v) is 6.53. The van der Waals surface area contributed by atoms with Crippen molar-refractivity contribution in [1.82, 2.24) is 9.55 Å². The van der Waals surface area contributed by atoms with Gasteiger partial charge in [-0.25, -0.2) is 4.98 Å². The van der Waals surface area contributed by atoms with Crippen LogP contribution in [0.15, 0.2) is 36.4 Å². The molecule has 2 aromatic carbocycles. The molecular formula is C14H8Cl3IN2. The predicted molar refractivity (Wildman–Crippen MR) is 93.4 cm³/mol. The van der Waals surface area contributed by atoms with Crippen molar-refractivity contribution in [1.29, 1.82) is 0 Å². The lowest BCUT2D eigenvalue weighted by atomic mass is 10.2. The molecule has 1 aromatic heterocycles. The monoisotopic (exact) mass is 436 g/mol. The fourth-order valence-corrected chi connectivity index (χ4v) is 3.58. The van der Waals surface area contributed by atoms with Crippen LogP contribution in [0.25, 0.3) is 16.7 Å². The van der Waals surface area contributed by atoms with Gasteiger partial charge in [0.15, 0.2) is 0 Å². The van der Waals surface area contributed by atoms with Crippen molar-refractivity contribution in [2.24, 2.45) is 0 Å². The molecule has 20 heavy (non-hydrogen) atoms. The zero-order valence-corrected chi connectivity index (χ0v) is 14.5. The molecule has 102 valence electrons. The SMILES string of the molecule is ClCc1nc2cc(Cl)ccc2n1-c1ccc(Cl)cc1I. The molecule has 0 unspecified atom stereocenters. The van der Waals surface area contributed by atoms with Gasteiger partial charge < -0.3 is 0 Å². The first kappa shape index (κ1) is 14.4. The van der Waals surface area contributed by atoms with E-state index in [2.05, 4.69) is 27.6 Å². The Kier molecular flexibility index (Phi) is 4.13. The smallest absolute Gasteiger partial charge is 0.129 e. The van der Waals surface area contributed by atoms with Crippen molar-refractivity contribution in [3.8, 4) is 5.69 Å². The molecule has 0 atom stereocenters. The number of hydrogen-bond donors (Lipinski definition) is 0. The first-order chi connectivity index (χ1) is 9.60. The molecular weight excluding hydrogens is 429 g/mol. The molecule has 0 bridgehead atoms. The van der Waals surface area contributed by atoms with Crippen molar-refractivity contribution >= 4 is 68.4 Å². The van der Waals surface area contributed by atoms with Crippen LogP contribution in [-0.2, 0) is 5.88 Å². The number of halogens is 4. The second kappa shape index (κ2) is 5.72. The number of fused-ring (bicyclic) bond motifs is 1. The van der Waals surface area contributed by atoms with Gasteiger partial charge in [0.05, 0.1) is 22.6 Å². The molecule has 0 spiro atoms. The van der Waals surface area contributed by atoms with Gasteiger partial charge in [-0.3, -0.25) is 4.57 Å². The lowest BCUT2D eigenvalue weighted by molar-refractivity contribution is 0.977. The van der Waals surface area contributed by atoms with Crippen LogP contribution in [0.5, 0.6) is 0 Å². The summed E-state index contributed by atoms with van der Waals surface area (Å²) in [5, 5.41) is 1.37. The van der Waals surface area contributed by atoms with Crippen molar-refractivity contribution in [3.05, 3.63) is 55.8 Å². The molecule has 0 aliphatic rings. The highest BCUT2D eigenvalue weighted by molar-refractivity contribution is 14.1. The Morgan fingerprint density at radius 3 is 2.45 bits per heavy atom. The van der Waals surface area contributed by atoms with Gasteiger partial charge in [0.2, 0.25) is 0 Å². The molecule has 0 saturated carbocycles. The number of benzene rings is 2. The molecule has 2 nitrogen and oxygen atoms in total. The molecule has 0 radical (unpaired) electrons. The largest absolute Gasteiger partial charge is 0.294 e. The highest BCUT2D eigenvalue weighted by atomic mass is 127. The zero-order chi connectivity index (χ0) is 14.3.